The molecule has 110 valence electrons. The quantitative estimate of drug-likeness (QED) is 0.819. The number of rotatable bonds is 5. The smallest absolute Gasteiger partial charge is 0.354 e. The van der Waals surface area contributed by atoms with E-state index in [0.717, 1.165) is 6.33 Å². The third-order valence-electron chi connectivity index (χ3n) is 2.80. The third-order valence-corrected chi connectivity index (χ3v) is 3.16. The van der Waals surface area contributed by atoms with Crippen LogP contribution in [0.3, 0.4) is 0 Å². The van der Waals surface area contributed by atoms with Gasteiger partial charge in [0.15, 0.2) is 11.4 Å². The second kappa shape index (κ2) is 5.84. The number of imidazole rings is 1. The van der Waals surface area contributed by atoms with E-state index in [0.29, 0.717) is 5.75 Å². The number of nitrogens with one attached hydrogen (secondary N) is 1. The van der Waals surface area contributed by atoms with Crippen LogP contribution in [0.15, 0.2) is 18.5 Å². The first-order valence-corrected chi connectivity index (χ1v) is 6.10. The van der Waals surface area contributed by atoms with Crippen LogP contribution in [0.25, 0.3) is 0 Å². The Kier molecular flexibility index (Phi) is 4.13. The molecule has 2 aromatic rings. The minimum Gasteiger partial charge on any atom is -0.495 e. The predicted octanol–water partition coefficient (Wildman–Crippen LogP) is 2.01. The lowest BCUT2D eigenvalue weighted by Crippen LogP contribution is -2.11. The van der Waals surface area contributed by atoms with Crippen LogP contribution in [-0.4, -0.2) is 41.0 Å². The van der Waals surface area contributed by atoms with E-state index in [9.17, 15) is 9.59 Å². The fourth-order valence-corrected chi connectivity index (χ4v) is 2.15. The van der Waals surface area contributed by atoms with Gasteiger partial charge in [0.2, 0.25) is 5.78 Å². The molecule has 0 saturated heterocycles. The average Bonchev–Trinajstić information content (AvgIpc) is 2.95. The Balaban J connectivity index is 2.56. The summed E-state index contributed by atoms with van der Waals surface area (Å²) in [6, 6.07) is 2.93. The van der Waals surface area contributed by atoms with Crippen LogP contribution in [0.2, 0.25) is 5.02 Å². The lowest BCUT2D eigenvalue weighted by molar-refractivity contribution is 0.0686. The number of halogens is 1. The topological polar surface area (TPSA) is 102 Å². The summed E-state index contributed by atoms with van der Waals surface area (Å²) in [5.41, 5.74) is -0.422. The minimum atomic E-state index is -1.28. The van der Waals surface area contributed by atoms with Crippen LogP contribution in [0.1, 0.15) is 26.5 Å². The molecule has 0 aliphatic rings. The molecule has 1 aromatic heterocycles. The van der Waals surface area contributed by atoms with Crippen molar-refractivity contribution in [2.24, 2.45) is 0 Å². The lowest BCUT2D eigenvalue weighted by Gasteiger charge is -2.11. The summed E-state index contributed by atoms with van der Waals surface area (Å²) < 4.78 is 10.2. The van der Waals surface area contributed by atoms with Gasteiger partial charge in [0.05, 0.1) is 26.1 Å². The molecule has 0 saturated carbocycles. The molecule has 2 N–H and O–H groups in total. The van der Waals surface area contributed by atoms with Gasteiger partial charge < -0.3 is 19.6 Å². The number of nitrogens with zero attached hydrogens (tertiary/aromatic N) is 1. The minimum absolute atomic E-state index is 0.0953. The molecule has 1 heterocycles. The van der Waals surface area contributed by atoms with Crippen molar-refractivity contribution in [3.05, 3.63) is 40.4 Å². The van der Waals surface area contributed by atoms with Gasteiger partial charge in [-0.25, -0.2) is 9.78 Å². The number of benzene rings is 1. The van der Waals surface area contributed by atoms with E-state index in [1.54, 1.807) is 0 Å². The van der Waals surface area contributed by atoms with Crippen molar-refractivity contribution in [2.75, 3.05) is 14.2 Å². The third kappa shape index (κ3) is 2.55. The monoisotopic (exact) mass is 310 g/mol. The Morgan fingerprint density at radius 1 is 1.29 bits per heavy atom. The van der Waals surface area contributed by atoms with E-state index in [4.69, 9.17) is 26.2 Å². The highest BCUT2D eigenvalue weighted by Crippen LogP contribution is 2.37. The summed E-state index contributed by atoms with van der Waals surface area (Å²) in [4.78, 5) is 29.6. The van der Waals surface area contributed by atoms with Gasteiger partial charge in [0, 0.05) is 0 Å². The zero-order valence-electron chi connectivity index (χ0n) is 11.1. The molecule has 0 aliphatic heterocycles. The van der Waals surface area contributed by atoms with Gasteiger partial charge in [0.25, 0.3) is 0 Å². The SMILES string of the molecule is COc1ccc(C(=O)c2nc[nH]c2C(=O)O)c(OC)c1Cl. The van der Waals surface area contributed by atoms with Gasteiger partial charge >= 0.3 is 5.97 Å². The standard InChI is InChI=1S/C13H11ClN2O5/c1-20-7-4-3-6(12(21-2)8(7)14)11(17)9-10(13(18)19)16-5-15-9/h3-5H,1-2H3,(H,15,16)(H,18,19). The average molecular weight is 311 g/mol. The zero-order chi connectivity index (χ0) is 15.6. The number of carbonyl (C=O) groups excluding carboxylic acids is 1. The highest BCUT2D eigenvalue weighted by molar-refractivity contribution is 6.34. The van der Waals surface area contributed by atoms with Crippen molar-refractivity contribution < 1.29 is 24.2 Å². The fourth-order valence-electron chi connectivity index (χ4n) is 1.83. The number of aromatic carboxylic acids is 1. The Labute approximate surface area is 124 Å². The van der Waals surface area contributed by atoms with Crippen molar-refractivity contribution in [3.8, 4) is 11.5 Å². The van der Waals surface area contributed by atoms with Crippen LogP contribution in [0, 0.1) is 0 Å². The molecule has 0 atom stereocenters. The molecule has 0 spiro atoms. The number of aromatic nitrogens is 2. The highest BCUT2D eigenvalue weighted by atomic mass is 35.5. The lowest BCUT2D eigenvalue weighted by atomic mass is 10.1. The number of carbonyl (C=O) groups is 2. The molecule has 0 fully saturated rings. The van der Waals surface area contributed by atoms with E-state index in [2.05, 4.69) is 9.97 Å². The van der Waals surface area contributed by atoms with Crippen molar-refractivity contribution in [1.82, 2.24) is 9.97 Å². The van der Waals surface area contributed by atoms with Crippen LogP contribution in [-0.2, 0) is 0 Å². The molecule has 0 aliphatic carbocycles. The molecule has 1 aromatic carbocycles. The van der Waals surface area contributed by atoms with Crippen LogP contribution in [0.5, 0.6) is 11.5 Å². The summed E-state index contributed by atoms with van der Waals surface area (Å²) in [6.07, 6.45) is 1.13. The first-order chi connectivity index (χ1) is 10.0. The molecular formula is C13H11ClN2O5. The summed E-state index contributed by atoms with van der Waals surface area (Å²) in [5.74, 6) is -1.46. The van der Waals surface area contributed by atoms with Crippen LogP contribution in [0.4, 0.5) is 0 Å². The highest BCUT2D eigenvalue weighted by Gasteiger charge is 2.25. The maximum absolute atomic E-state index is 12.4. The Morgan fingerprint density at radius 3 is 2.57 bits per heavy atom. The van der Waals surface area contributed by atoms with Crippen molar-refractivity contribution in [3.63, 3.8) is 0 Å². The Morgan fingerprint density at radius 2 is 2.00 bits per heavy atom. The van der Waals surface area contributed by atoms with Gasteiger partial charge in [-0.2, -0.15) is 0 Å². The summed E-state index contributed by atoms with van der Waals surface area (Å²) >= 11 is 6.08. The Bertz CT molecular complexity index is 711. The number of hydrogen-bond acceptors (Lipinski definition) is 5. The molecule has 0 bridgehead atoms. The molecular weight excluding hydrogens is 300 g/mol. The van der Waals surface area contributed by atoms with Crippen molar-refractivity contribution >= 4 is 23.4 Å². The second-order valence-electron chi connectivity index (χ2n) is 3.92. The van der Waals surface area contributed by atoms with E-state index in [-0.39, 0.29) is 27.7 Å². The van der Waals surface area contributed by atoms with Crippen LogP contribution >= 0.6 is 11.6 Å². The van der Waals surface area contributed by atoms with Crippen molar-refractivity contribution in [2.45, 2.75) is 0 Å². The first kappa shape index (κ1) is 14.9. The summed E-state index contributed by atoms with van der Waals surface area (Å²) in [7, 11) is 2.78. The number of carboxylic acids is 1. The van der Waals surface area contributed by atoms with E-state index in [1.165, 1.54) is 26.4 Å². The molecule has 0 radical (unpaired) electrons. The number of ether oxygens (including phenoxy) is 2. The normalized spacial score (nSPS) is 10.2. The number of H-pyrrole nitrogens is 1. The molecule has 7 nitrogen and oxygen atoms in total. The molecule has 21 heavy (non-hydrogen) atoms. The second-order valence-corrected chi connectivity index (χ2v) is 4.30. The van der Waals surface area contributed by atoms with Gasteiger partial charge in [-0.05, 0) is 12.1 Å². The number of ketones is 1. The molecule has 0 amide bonds. The van der Waals surface area contributed by atoms with E-state index >= 15 is 0 Å². The maximum atomic E-state index is 12.4. The molecule has 8 heteroatoms. The predicted molar refractivity (Wildman–Crippen MR) is 73.5 cm³/mol. The number of aromatic amines is 1. The number of carboxylic acid groups (broad SMARTS) is 1. The van der Waals surface area contributed by atoms with Crippen LogP contribution < -0.4 is 9.47 Å². The Hall–Kier alpha value is -2.54. The number of methoxy groups -OCH3 is 2. The molecule has 0 unspecified atom stereocenters. The zero-order valence-corrected chi connectivity index (χ0v) is 11.9. The summed E-state index contributed by atoms with van der Waals surface area (Å²) in [5, 5.41) is 9.14. The van der Waals surface area contributed by atoms with Crippen molar-refractivity contribution in [1.29, 1.82) is 0 Å². The molecule has 2 rings (SSSR count). The summed E-state index contributed by atoms with van der Waals surface area (Å²) in [6.45, 7) is 0. The first-order valence-electron chi connectivity index (χ1n) is 5.73. The van der Waals surface area contributed by atoms with Gasteiger partial charge in [-0.15, -0.1) is 0 Å². The van der Waals surface area contributed by atoms with E-state index in [1.807, 2.05) is 0 Å². The van der Waals surface area contributed by atoms with E-state index < -0.39 is 11.8 Å². The van der Waals surface area contributed by atoms with Gasteiger partial charge in [-0.1, -0.05) is 11.6 Å². The fraction of sp³-hybridized carbons (Fsp3) is 0.154. The largest absolute Gasteiger partial charge is 0.495 e. The van der Waals surface area contributed by atoms with Gasteiger partial charge in [-0.3, -0.25) is 4.79 Å². The number of hydrogen-bond donors (Lipinski definition) is 2. The maximum Gasteiger partial charge on any atom is 0.354 e. The van der Waals surface area contributed by atoms with Gasteiger partial charge in [0.1, 0.15) is 16.5 Å².